The topological polar surface area (TPSA) is 68.0 Å². The molecule has 2 rings (SSSR count). The number of halogens is 1. The Morgan fingerprint density at radius 3 is 2.94 bits per heavy atom. The van der Waals surface area contributed by atoms with Gasteiger partial charge in [0.05, 0.1) is 5.56 Å². The highest BCUT2D eigenvalue weighted by Crippen LogP contribution is 2.37. The standard InChI is InChI=1S/C13H18BrN3O/c1-13(2)4-3-9(6-13)17-12(18)10-5-8(14)7-16-11(10)15/h5,7,9H,3-4,6H2,1-2H3,(H2,15,16)(H,17,18). The van der Waals surface area contributed by atoms with Crippen LogP contribution in [0.3, 0.4) is 0 Å². The van der Waals surface area contributed by atoms with Gasteiger partial charge in [0.2, 0.25) is 0 Å². The number of anilines is 1. The molecule has 98 valence electrons. The first-order chi connectivity index (χ1) is 8.37. The molecule has 0 radical (unpaired) electrons. The Kier molecular flexibility index (Phi) is 3.61. The Balaban J connectivity index is 2.06. The summed E-state index contributed by atoms with van der Waals surface area (Å²) in [6.45, 7) is 4.46. The van der Waals surface area contributed by atoms with E-state index in [-0.39, 0.29) is 17.8 Å². The largest absolute Gasteiger partial charge is 0.383 e. The summed E-state index contributed by atoms with van der Waals surface area (Å²) in [5.74, 6) is 0.136. The fourth-order valence-corrected chi connectivity index (χ4v) is 2.79. The number of amides is 1. The van der Waals surface area contributed by atoms with Gasteiger partial charge < -0.3 is 11.1 Å². The molecule has 18 heavy (non-hydrogen) atoms. The van der Waals surface area contributed by atoms with Crippen LogP contribution in [0.1, 0.15) is 43.5 Å². The third kappa shape index (κ3) is 3.02. The molecule has 1 amide bonds. The second-order valence-electron chi connectivity index (χ2n) is 5.66. The molecule has 1 heterocycles. The van der Waals surface area contributed by atoms with Crippen molar-refractivity contribution in [3.05, 3.63) is 22.3 Å². The normalized spacial score (nSPS) is 21.8. The smallest absolute Gasteiger partial charge is 0.255 e. The molecule has 1 aromatic heterocycles. The van der Waals surface area contributed by atoms with Gasteiger partial charge in [-0.05, 0) is 46.7 Å². The van der Waals surface area contributed by atoms with Crippen molar-refractivity contribution in [2.24, 2.45) is 5.41 Å². The molecule has 1 fully saturated rings. The van der Waals surface area contributed by atoms with Gasteiger partial charge in [-0.2, -0.15) is 0 Å². The Morgan fingerprint density at radius 1 is 1.61 bits per heavy atom. The minimum Gasteiger partial charge on any atom is -0.383 e. The number of rotatable bonds is 2. The van der Waals surface area contributed by atoms with E-state index in [0.717, 1.165) is 23.7 Å². The van der Waals surface area contributed by atoms with E-state index in [2.05, 4.69) is 40.1 Å². The van der Waals surface area contributed by atoms with E-state index in [9.17, 15) is 4.79 Å². The van der Waals surface area contributed by atoms with Gasteiger partial charge in [0, 0.05) is 16.7 Å². The van der Waals surface area contributed by atoms with E-state index in [0.29, 0.717) is 11.0 Å². The predicted octanol–water partition coefficient (Wildman–Crippen LogP) is 2.73. The first-order valence-electron chi connectivity index (χ1n) is 6.09. The second-order valence-corrected chi connectivity index (χ2v) is 6.58. The van der Waals surface area contributed by atoms with Crippen LogP contribution in [0.15, 0.2) is 16.7 Å². The van der Waals surface area contributed by atoms with Gasteiger partial charge in [0.15, 0.2) is 0 Å². The molecular weight excluding hydrogens is 294 g/mol. The molecule has 1 aliphatic rings. The van der Waals surface area contributed by atoms with Crippen molar-refractivity contribution in [1.82, 2.24) is 10.3 Å². The van der Waals surface area contributed by atoms with E-state index in [4.69, 9.17) is 5.73 Å². The van der Waals surface area contributed by atoms with Crippen LogP contribution in [0.4, 0.5) is 5.82 Å². The molecule has 4 nitrogen and oxygen atoms in total. The number of hydrogen-bond acceptors (Lipinski definition) is 3. The van der Waals surface area contributed by atoms with Crippen molar-refractivity contribution < 1.29 is 4.79 Å². The van der Waals surface area contributed by atoms with Crippen LogP contribution in [0.2, 0.25) is 0 Å². The highest BCUT2D eigenvalue weighted by atomic mass is 79.9. The molecule has 3 N–H and O–H groups in total. The zero-order valence-corrected chi connectivity index (χ0v) is 12.3. The van der Waals surface area contributed by atoms with E-state index in [1.807, 2.05) is 0 Å². The van der Waals surface area contributed by atoms with Crippen LogP contribution in [0, 0.1) is 5.41 Å². The summed E-state index contributed by atoms with van der Waals surface area (Å²) in [6.07, 6.45) is 4.77. The molecule has 0 saturated heterocycles. The summed E-state index contributed by atoms with van der Waals surface area (Å²) in [5, 5.41) is 3.04. The molecule has 0 aromatic carbocycles. The maximum Gasteiger partial charge on any atom is 0.255 e. The minimum absolute atomic E-state index is 0.135. The molecule has 0 bridgehead atoms. The quantitative estimate of drug-likeness (QED) is 0.882. The van der Waals surface area contributed by atoms with Crippen molar-refractivity contribution in [2.45, 2.75) is 39.2 Å². The van der Waals surface area contributed by atoms with Crippen molar-refractivity contribution in [3.8, 4) is 0 Å². The molecule has 5 heteroatoms. The van der Waals surface area contributed by atoms with Crippen LogP contribution in [0.5, 0.6) is 0 Å². The first-order valence-corrected chi connectivity index (χ1v) is 6.88. The summed E-state index contributed by atoms with van der Waals surface area (Å²) in [7, 11) is 0. The van der Waals surface area contributed by atoms with Crippen LogP contribution in [-0.2, 0) is 0 Å². The number of nitrogen functional groups attached to an aromatic ring is 1. The number of nitrogens with zero attached hydrogens (tertiary/aromatic N) is 1. The van der Waals surface area contributed by atoms with Crippen LogP contribution in [-0.4, -0.2) is 16.9 Å². The molecule has 1 aliphatic carbocycles. The molecular formula is C13H18BrN3O. The van der Waals surface area contributed by atoms with Crippen molar-refractivity contribution in [1.29, 1.82) is 0 Å². The third-order valence-electron chi connectivity index (χ3n) is 3.43. The van der Waals surface area contributed by atoms with Crippen LogP contribution >= 0.6 is 15.9 Å². The molecule has 1 atom stereocenters. The maximum absolute atomic E-state index is 12.1. The lowest BCUT2D eigenvalue weighted by atomic mass is 9.92. The summed E-state index contributed by atoms with van der Waals surface area (Å²) in [6, 6.07) is 1.95. The Labute approximate surface area is 115 Å². The summed E-state index contributed by atoms with van der Waals surface area (Å²) in [5.41, 5.74) is 6.48. The van der Waals surface area contributed by atoms with Gasteiger partial charge in [-0.1, -0.05) is 13.8 Å². The van der Waals surface area contributed by atoms with E-state index >= 15 is 0 Å². The Morgan fingerprint density at radius 2 is 2.33 bits per heavy atom. The summed E-state index contributed by atoms with van der Waals surface area (Å²) < 4.78 is 0.758. The number of carbonyl (C=O) groups excluding carboxylic acids is 1. The van der Waals surface area contributed by atoms with E-state index < -0.39 is 0 Å². The highest BCUT2D eigenvalue weighted by Gasteiger charge is 2.32. The fraction of sp³-hybridized carbons (Fsp3) is 0.538. The van der Waals surface area contributed by atoms with Crippen molar-refractivity contribution in [3.63, 3.8) is 0 Å². The number of pyridine rings is 1. The fourth-order valence-electron chi connectivity index (χ4n) is 2.45. The van der Waals surface area contributed by atoms with Gasteiger partial charge in [0.1, 0.15) is 5.82 Å². The summed E-state index contributed by atoms with van der Waals surface area (Å²) in [4.78, 5) is 16.1. The predicted molar refractivity (Wildman–Crippen MR) is 75.2 cm³/mol. The average molecular weight is 312 g/mol. The molecule has 1 aromatic rings. The van der Waals surface area contributed by atoms with Crippen LogP contribution in [0.25, 0.3) is 0 Å². The Bertz CT molecular complexity index is 473. The van der Waals surface area contributed by atoms with Gasteiger partial charge in [-0.15, -0.1) is 0 Å². The zero-order chi connectivity index (χ0) is 13.3. The lowest BCUT2D eigenvalue weighted by molar-refractivity contribution is 0.0936. The molecule has 0 spiro atoms. The van der Waals surface area contributed by atoms with E-state index in [1.165, 1.54) is 0 Å². The van der Waals surface area contributed by atoms with Gasteiger partial charge in [-0.25, -0.2) is 4.98 Å². The van der Waals surface area contributed by atoms with Crippen LogP contribution < -0.4 is 11.1 Å². The zero-order valence-electron chi connectivity index (χ0n) is 10.7. The molecule has 0 aliphatic heterocycles. The first kappa shape index (κ1) is 13.3. The lowest BCUT2D eigenvalue weighted by Crippen LogP contribution is -2.34. The average Bonchev–Trinajstić information content (AvgIpc) is 2.61. The van der Waals surface area contributed by atoms with Gasteiger partial charge in [0.25, 0.3) is 5.91 Å². The highest BCUT2D eigenvalue weighted by molar-refractivity contribution is 9.10. The van der Waals surface area contributed by atoms with Crippen molar-refractivity contribution in [2.75, 3.05) is 5.73 Å². The Hall–Kier alpha value is -1.10. The van der Waals surface area contributed by atoms with Crippen molar-refractivity contribution >= 4 is 27.7 Å². The summed E-state index contributed by atoms with van der Waals surface area (Å²) >= 11 is 3.30. The third-order valence-corrected chi connectivity index (χ3v) is 3.87. The second kappa shape index (κ2) is 4.88. The van der Waals surface area contributed by atoms with Gasteiger partial charge >= 0.3 is 0 Å². The number of hydrogen-bond donors (Lipinski definition) is 2. The molecule has 1 unspecified atom stereocenters. The minimum atomic E-state index is -0.135. The number of nitrogens with two attached hydrogens (primary N) is 1. The number of nitrogens with one attached hydrogen (secondary N) is 1. The van der Waals surface area contributed by atoms with E-state index in [1.54, 1.807) is 12.3 Å². The SMILES string of the molecule is CC1(C)CCC(NC(=O)c2cc(Br)cnc2N)C1. The maximum atomic E-state index is 12.1. The number of aromatic nitrogens is 1. The molecule has 1 saturated carbocycles. The van der Waals surface area contributed by atoms with Gasteiger partial charge in [-0.3, -0.25) is 4.79 Å². The number of carbonyl (C=O) groups is 1. The lowest BCUT2D eigenvalue weighted by Gasteiger charge is -2.18. The monoisotopic (exact) mass is 311 g/mol.